The molecule has 0 saturated heterocycles. The molecule has 0 radical (unpaired) electrons. The van der Waals surface area contributed by atoms with Gasteiger partial charge in [-0.15, -0.1) is 0 Å². The van der Waals surface area contributed by atoms with Gasteiger partial charge in [0, 0.05) is 26.0 Å². The molecule has 0 saturated carbocycles. The molecule has 2 unspecified atom stereocenters. The van der Waals surface area contributed by atoms with E-state index in [2.05, 4.69) is 32.6 Å². The summed E-state index contributed by atoms with van der Waals surface area (Å²) in [6.45, 7) is 12.3. The third-order valence-electron chi connectivity index (χ3n) is 11.0. The van der Waals surface area contributed by atoms with Crippen LogP contribution >= 0.6 is 0 Å². The Hall–Kier alpha value is -1.14. The van der Waals surface area contributed by atoms with Crippen molar-refractivity contribution in [3.63, 3.8) is 0 Å². The van der Waals surface area contributed by atoms with Gasteiger partial charge < -0.3 is 19.5 Å². The second-order valence-electron chi connectivity index (χ2n) is 16.3. The number of hydrogen-bond acceptors (Lipinski definition) is 6. The van der Waals surface area contributed by atoms with Gasteiger partial charge in [-0.25, -0.2) is 0 Å². The number of rotatable bonds is 43. The largest absolute Gasteiger partial charge is 0.462 e. The first-order valence-corrected chi connectivity index (χ1v) is 23.7. The predicted octanol–water partition coefficient (Wildman–Crippen LogP) is 13.8. The molecule has 0 bridgehead atoms. The van der Waals surface area contributed by atoms with Gasteiger partial charge in [0.1, 0.15) is 12.2 Å². The smallest absolute Gasteiger partial charge is 0.306 e. The summed E-state index contributed by atoms with van der Waals surface area (Å²) >= 11 is 0. The average molecular weight is 752 g/mol. The minimum absolute atomic E-state index is 0.00435. The fraction of sp³-hybridized carbons (Fsp3) is 0.957. The second kappa shape index (κ2) is 42.0. The number of ether oxygens (including phenoxy) is 2. The quantitative estimate of drug-likeness (QED) is 0.0494. The third kappa shape index (κ3) is 37.6. The van der Waals surface area contributed by atoms with Crippen LogP contribution in [0.2, 0.25) is 0 Å². The summed E-state index contributed by atoms with van der Waals surface area (Å²) in [6, 6.07) is 0. The Morgan fingerprint density at radius 3 is 1.04 bits per heavy atom. The van der Waals surface area contributed by atoms with Crippen molar-refractivity contribution in [3.05, 3.63) is 0 Å². The summed E-state index contributed by atoms with van der Waals surface area (Å²) in [4.78, 5) is 27.9. The molecule has 0 heterocycles. The highest BCUT2D eigenvalue weighted by molar-refractivity contribution is 5.69. The number of hydrogen-bond donors (Lipinski definition) is 1. The van der Waals surface area contributed by atoms with E-state index >= 15 is 0 Å². The summed E-state index contributed by atoms with van der Waals surface area (Å²) in [6.07, 6.45) is 39.9. The molecule has 0 aliphatic rings. The van der Waals surface area contributed by atoms with Crippen molar-refractivity contribution in [2.45, 2.75) is 265 Å². The van der Waals surface area contributed by atoms with Crippen LogP contribution in [0.25, 0.3) is 0 Å². The first-order chi connectivity index (χ1) is 26.0. The highest BCUT2D eigenvalue weighted by Crippen LogP contribution is 2.19. The lowest BCUT2D eigenvalue weighted by Gasteiger charge is -2.22. The maximum Gasteiger partial charge on any atom is 0.306 e. The van der Waals surface area contributed by atoms with Gasteiger partial charge >= 0.3 is 11.9 Å². The summed E-state index contributed by atoms with van der Waals surface area (Å²) in [5.74, 6) is 0.00871. The Morgan fingerprint density at radius 1 is 0.396 bits per heavy atom. The van der Waals surface area contributed by atoms with E-state index in [1.54, 1.807) is 0 Å². The lowest BCUT2D eigenvalue weighted by Crippen LogP contribution is -2.28. The molecule has 53 heavy (non-hydrogen) atoms. The summed E-state index contributed by atoms with van der Waals surface area (Å²) in [7, 11) is 0. The van der Waals surface area contributed by atoms with Gasteiger partial charge in [0.25, 0.3) is 0 Å². The van der Waals surface area contributed by atoms with Crippen LogP contribution in [0.4, 0.5) is 0 Å². The zero-order valence-corrected chi connectivity index (χ0v) is 36.3. The van der Waals surface area contributed by atoms with Crippen LogP contribution in [-0.2, 0) is 19.1 Å². The SMILES string of the molecule is CCCCCCCCC(CCCCCC)OC(=O)CCCCCCN(CCCO)CCCCCCC(=O)OC(CCCCCC)CCCCCCCC. The van der Waals surface area contributed by atoms with Crippen LogP contribution < -0.4 is 0 Å². The van der Waals surface area contributed by atoms with Gasteiger partial charge in [0.2, 0.25) is 0 Å². The Balaban J connectivity index is 4.30. The van der Waals surface area contributed by atoms with Crippen molar-refractivity contribution in [2.24, 2.45) is 0 Å². The zero-order chi connectivity index (χ0) is 38.9. The van der Waals surface area contributed by atoms with Gasteiger partial charge in [0.15, 0.2) is 0 Å². The zero-order valence-electron chi connectivity index (χ0n) is 36.3. The maximum atomic E-state index is 12.7. The number of aliphatic hydroxyl groups excluding tert-OH is 1. The van der Waals surface area contributed by atoms with Crippen LogP contribution in [0.5, 0.6) is 0 Å². The number of aliphatic hydroxyl groups is 1. The highest BCUT2D eigenvalue weighted by atomic mass is 16.5. The second-order valence-corrected chi connectivity index (χ2v) is 16.3. The number of carbonyl (C=O) groups is 2. The van der Waals surface area contributed by atoms with E-state index in [1.807, 2.05) is 0 Å². The Morgan fingerprint density at radius 2 is 0.679 bits per heavy atom. The third-order valence-corrected chi connectivity index (χ3v) is 11.0. The molecular weight excluding hydrogens is 659 g/mol. The van der Waals surface area contributed by atoms with E-state index in [9.17, 15) is 14.7 Å². The topological polar surface area (TPSA) is 76.1 Å². The summed E-state index contributed by atoms with van der Waals surface area (Å²) < 4.78 is 12.0. The molecule has 0 aromatic heterocycles. The molecule has 1 N–H and O–H groups in total. The monoisotopic (exact) mass is 752 g/mol. The number of esters is 2. The standard InChI is InChI=1S/C47H93NO5/c1-5-9-13-17-19-27-36-44(34-25-15-11-7-3)52-46(50)38-29-21-23-31-40-48(42-33-43-49)41-32-24-22-30-39-47(51)53-45(35-26-16-12-8-4)37-28-20-18-14-10-6-2/h44-45,49H,5-43H2,1-4H3. The molecule has 0 aromatic rings. The van der Waals surface area contributed by atoms with E-state index in [0.29, 0.717) is 12.8 Å². The molecule has 0 aliphatic heterocycles. The van der Waals surface area contributed by atoms with Crippen molar-refractivity contribution in [2.75, 3.05) is 26.2 Å². The van der Waals surface area contributed by atoms with Crippen LogP contribution in [0.3, 0.4) is 0 Å². The van der Waals surface area contributed by atoms with Crippen molar-refractivity contribution < 1.29 is 24.2 Å². The highest BCUT2D eigenvalue weighted by Gasteiger charge is 2.16. The summed E-state index contributed by atoms with van der Waals surface area (Å²) in [5.41, 5.74) is 0. The number of unbranched alkanes of at least 4 members (excludes halogenated alkanes) is 22. The first-order valence-electron chi connectivity index (χ1n) is 23.7. The molecule has 6 heteroatoms. The van der Waals surface area contributed by atoms with Crippen LogP contribution in [-0.4, -0.2) is 60.4 Å². The van der Waals surface area contributed by atoms with Crippen LogP contribution in [0.1, 0.15) is 252 Å². The molecule has 0 fully saturated rings. The van der Waals surface area contributed by atoms with E-state index in [0.717, 1.165) is 103 Å². The lowest BCUT2D eigenvalue weighted by molar-refractivity contribution is -0.151. The molecular formula is C47H93NO5. The minimum atomic E-state index is 0.00435. The Bertz CT molecular complexity index is 703. The average Bonchev–Trinajstić information content (AvgIpc) is 3.15. The van der Waals surface area contributed by atoms with Gasteiger partial charge in [-0.1, -0.05) is 156 Å². The van der Waals surface area contributed by atoms with Crippen molar-refractivity contribution in [1.29, 1.82) is 0 Å². The number of carbonyl (C=O) groups excluding carboxylic acids is 2. The summed E-state index contributed by atoms with van der Waals surface area (Å²) in [5, 5.41) is 9.44. The van der Waals surface area contributed by atoms with Crippen molar-refractivity contribution in [1.82, 2.24) is 4.90 Å². The predicted molar refractivity (Wildman–Crippen MR) is 228 cm³/mol. The first kappa shape index (κ1) is 51.9. The van der Waals surface area contributed by atoms with E-state index < -0.39 is 0 Å². The van der Waals surface area contributed by atoms with Gasteiger partial charge in [-0.3, -0.25) is 9.59 Å². The van der Waals surface area contributed by atoms with E-state index in [1.165, 1.54) is 128 Å². The lowest BCUT2D eigenvalue weighted by atomic mass is 10.0. The molecule has 0 aliphatic carbocycles. The van der Waals surface area contributed by atoms with Gasteiger partial charge in [0.05, 0.1) is 0 Å². The molecule has 2 atom stereocenters. The maximum absolute atomic E-state index is 12.7. The van der Waals surface area contributed by atoms with E-state index in [4.69, 9.17) is 9.47 Å². The van der Waals surface area contributed by atoms with Gasteiger partial charge in [-0.2, -0.15) is 0 Å². The molecule has 0 spiro atoms. The molecule has 0 amide bonds. The molecule has 6 nitrogen and oxygen atoms in total. The Labute approximate surface area is 331 Å². The normalized spacial score (nSPS) is 12.7. The van der Waals surface area contributed by atoms with Crippen LogP contribution in [0.15, 0.2) is 0 Å². The van der Waals surface area contributed by atoms with Crippen molar-refractivity contribution in [3.8, 4) is 0 Å². The number of nitrogens with zero attached hydrogens (tertiary/aromatic N) is 1. The fourth-order valence-electron chi connectivity index (χ4n) is 7.46. The molecule has 0 aromatic carbocycles. The van der Waals surface area contributed by atoms with Crippen LogP contribution in [0, 0.1) is 0 Å². The van der Waals surface area contributed by atoms with Crippen molar-refractivity contribution >= 4 is 11.9 Å². The van der Waals surface area contributed by atoms with Gasteiger partial charge in [-0.05, 0) is 96.6 Å². The molecule has 0 rings (SSSR count). The Kier molecular flexibility index (Phi) is 41.1. The minimum Gasteiger partial charge on any atom is -0.462 e. The fourth-order valence-corrected chi connectivity index (χ4v) is 7.46. The molecule has 316 valence electrons. The van der Waals surface area contributed by atoms with E-state index in [-0.39, 0.29) is 30.8 Å².